The maximum Gasteiger partial charge on any atom is 0.354 e. The molecule has 2 saturated carbocycles. The predicted octanol–water partition coefficient (Wildman–Crippen LogP) is 6.00. The van der Waals surface area contributed by atoms with Crippen molar-refractivity contribution in [2.24, 2.45) is 17.8 Å². The molecule has 2 aromatic heterocycles. The van der Waals surface area contributed by atoms with E-state index in [4.69, 9.17) is 9.26 Å². The Morgan fingerprint density at radius 1 is 1.27 bits per heavy atom. The molecule has 4 atom stereocenters. The van der Waals surface area contributed by atoms with Gasteiger partial charge in [0.2, 0.25) is 5.76 Å². The molecule has 37 heavy (non-hydrogen) atoms. The molecule has 8 nitrogen and oxygen atoms in total. The summed E-state index contributed by atoms with van der Waals surface area (Å²) < 4.78 is 11.5. The van der Waals surface area contributed by atoms with Crippen molar-refractivity contribution < 1.29 is 24.0 Å². The van der Waals surface area contributed by atoms with Gasteiger partial charge in [-0.2, -0.15) is 0 Å². The van der Waals surface area contributed by atoms with Crippen LogP contribution in [0.1, 0.15) is 98.9 Å². The summed E-state index contributed by atoms with van der Waals surface area (Å²) in [4.78, 5) is 29.3. The Morgan fingerprint density at radius 3 is 2.70 bits per heavy atom. The van der Waals surface area contributed by atoms with Crippen molar-refractivity contribution in [3.63, 3.8) is 0 Å². The standard InChI is InChI=1S/C28H39N3O5S/c1-4-19(16-20-15-17(20)2)18(3)29-26(32)24-25(37-22-10-6-5-7-11-22)27(31-36-24)35-14-13-21-9-8-12-23(30-21)28(33)34/h8-9,12,17-20,22H,4-7,10-11,13-16H2,1-3H3,(H,29,32)(H,33,34)/t17-,18?,19?,20?/m0/s1. The van der Waals surface area contributed by atoms with Gasteiger partial charge < -0.3 is 19.7 Å². The van der Waals surface area contributed by atoms with Crippen LogP contribution in [0.3, 0.4) is 0 Å². The van der Waals surface area contributed by atoms with E-state index in [9.17, 15) is 14.7 Å². The Labute approximate surface area is 223 Å². The lowest BCUT2D eigenvalue weighted by molar-refractivity contribution is 0.0689. The van der Waals surface area contributed by atoms with Crippen LogP contribution in [0.25, 0.3) is 0 Å². The fourth-order valence-corrected chi connectivity index (χ4v) is 6.51. The van der Waals surface area contributed by atoms with Crippen molar-refractivity contribution in [1.29, 1.82) is 0 Å². The molecule has 2 N–H and O–H groups in total. The number of rotatable bonds is 13. The number of carboxylic acids is 1. The van der Waals surface area contributed by atoms with Crippen LogP contribution in [0.4, 0.5) is 0 Å². The molecule has 2 aromatic rings. The number of aromatic carboxylic acids is 1. The van der Waals surface area contributed by atoms with Crippen molar-refractivity contribution >= 4 is 23.6 Å². The van der Waals surface area contributed by atoms with Crippen LogP contribution in [-0.4, -0.2) is 45.0 Å². The quantitative estimate of drug-likeness (QED) is 0.324. The lowest BCUT2D eigenvalue weighted by Gasteiger charge is -2.24. The molecule has 2 heterocycles. The number of nitrogens with zero attached hydrogens (tertiary/aromatic N) is 2. The monoisotopic (exact) mass is 529 g/mol. The molecule has 2 aliphatic carbocycles. The van der Waals surface area contributed by atoms with Gasteiger partial charge in [0.1, 0.15) is 10.6 Å². The van der Waals surface area contributed by atoms with Gasteiger partial charge in [-0.25, -0.2) is 9.78 Å². The molecule has 3 unspecified atom stereocenters. The van der Waals surface area contributed by atoms with E-state index in [1.807, 2.05) is 0 Å². The number of carboxylic acid groups (broad SMARTS) is 1. The maximum absolute atomic E-state index is 13.3. The molecule has 2 aliphatic rings. The van der Waals surface area contributed by atoms with Gasteiger partial charge in [0.05, 0.1) is 6.61 Å². The summed E-state index contributed by atoms with van der Waals surface area (Å²) in [7, 11) is 0. The van der Waals surface area contributed by atoms with Crippen LogP contribution in [0.2, 0.25) is 0 Å². The minimum absolute atomic E-state index is 0.00193. The van der Waals surface area contributed by atoms with E-state index in [0.29, 0.717) is 34.1 Å². The summed E-state index contributed by atoms with van der Waals surface area (Å²) in [5.41, 5.74) is 0.620. The highest BCUT2D eigenvalue weighted by Crippen LogP contribution is 2.44. The highest BCUT2D eigenvalue weighted by molar-refractivity contribution is 8.00. The number of carbonyl (C=O) groups excluding carboxylic acids is 1. The molecule has 0 saturated heterocycles. The smallest absolute Gasteiger partial charge is 0.354 e. The van der Waals surface area contributed by atoms with Crippen LogP contribution in [0, 0.1) is 17.8 Å². The zero-order chi connectivity index (χ0) is 26.4. The van der Waals surface area contributed by atoms with Crippen LogP contribution in [0.15, 0.2) is 27.6 Å². The van der Waals surface area contributed by atoms with Gasteiger partial charge in [0.25, 0.3) is 11.8 Å². The summed E-state index contributed by atoms with van der Waals surface area (Å²) >= 11 is 1.63. The Hall–Kier alpha value is -2.55. The summed E-state index contributed by atoms with van der Waals surface area (Å²) in [5, 5.41) is 16.9. The SMILES string of the molecule is CCC(CC1C[C@@H]1C)C(C)NC(=O)c1onc(OCCc2cccc(C(=O)O)n2)c1SC1CCCCC1. The Balaban J connectivity index is 1.43. The zero-order valence-corrected chi connectivity index (χ0v) is 22.9. The third kappa shape index (κ3) is 7.49. The Bertz CT molecular complexity index is 1070. The van der Waals surface area contributed by atoms with Gasteiger partial charge >= 0.3 is 5.97 Å². The minimum atomic E-state index is -1.06. The van der Waals surface area contributed by atoms with E-state index in [-0.39, 0.29) is 30.0 Å². The molecule has 4 rings (SSSR count). The van der Waals surface area contributed by atoms with Crippen LogP contribution in [0.5, 0.6) is 5.88 Å². The second kappa shape index (κ2) is 12.8. The first kappa shape index (κ1) is 27.5. The zero-order valence-electron chi connectivity index (χ0n) is 22.1. The van der Waals surface area contributed by atoms with Gasteiger partial charge in [0.15, 0.2) is 0 Å². The summed E-state index contributed by atoms with van der Waals surface area (Å²) in [5.74, 6) is 1.24. The largest absolute Gasteiger partial charge is 0.477 e. The lowest BCUT2D eigenvalue weighted by Crippen LogP contribution is -2.38. The highest BCUT2D eigenvalue weighted by Gasteiger charge is 2.36. The van der Waals surface area contributed by atoms with E-state index < -0.39 is 5.97 Å². The van der Waals surface area contributed by atoms with Crippen LogP contribution < -0.4 is 10.1 Å². The molecule has 0 radical (unpaired) electrons. The third-order valence-corrected chi connectivity index (χ3v) is 9.16. The molecule has 9 heteroatoms. The van der Waals surface area contributed by atoms with Gasteiger partial charge in [-0.05, 0) is 67.7 Å². The molecule has 0 bridgehead atoms. The van der Waals surface area contributed by atoms with Gasteiger partial charge in [-0.15, -0.1) is 11.8 Å². The number of nitrogens with one attached hydrogen (secondary N) is 1. The Kier molecular flexibility index (Phi) is 9.51. The normalized spacial score (nSPS) is 21.3. The number of hydrogen-bond acceptors (Lipinski definition) is 7. The molecule has 0 aliphatic heterocycles. The fraction of sp³-hybridized carbons (Fsp3) is 0.643. The summed E-state index contributed by atoms with van der Waals surface area (Å²) in [6.07, 6.45) is 9.67. The number of pyridine rings is 1. The molecule has 202 valence electrons. The fourth-order valence-electron chi connectivity index (χ4n) is 5.18. The number of ether oxygens (including phenoxy) is 1. The van der Waals surface area contributed by atoms with Crippen molar-refractivity contribution in [2.75, 3.05) is 6.61 Å². The summed E-state index contributed by atoms with van der Waals surface area (Å²) in [6.45, 7) is 6.81. The van der Waals surface area contributed by atoms with E-state index >= 15 is 0 Å². The van der Waals surface area contributed by atoms with Gasteiger partial charge in [-0.3, -0.25) is 4.79 Å². The number of thioether (sulfide) groups is 1. The van der Waals surface area contributed by atoms with Crippen LogP contribution >= 0.6 is 11.8 Å². The second-order valence-corrected chi connectivity index (χ2v) is 11.9. The van der Waals surface area contributed by atoms with Crippen LogP contribution in [-0.2, 0) is 6.42 Å². The van der Waals surface area contributed by atoms with Crippen molar-refractivity contribution in [3.05, 3.63) is 35.3 Å². The minimum Gasteiger partial charge on any atom is -0.477 e. The number of amides is 1. The van der Waals surface area contributed by atoms with E-state index in [1.165, 1.54) is 31.7 Å². The second-order valence-electron chi connectivity index (χ2n) is 10.6. The highest BCUT2D eigenvalue weighted by atomic mass is 32.2. The molecule has 0 spiro atoms. The molecule has 0 aromatic carbocycles. The number of carbonyl (C=O) groups is 2. The molecule has 2 fully saturated rings. The van der Waals surface area contributed by atoms with Crippen molar-refractivity contribution in [2.45, 2.75) is 94.7 Å². The van der Waals surface area contributed by atoms with E-state index in [1.54, 1.807) is 23.9 Å². The third-order valence-electron chi connectivity index (χ3n) is 7.76. The molecular weight excluding hydrogens is 490 g/mol. The number of hydrogen-bond donors (Lipinski definition) is 2. The first-order chi connectivity index (χ1) is 17.9. The topological polar surface area (TPSA) is 115 Å². The van der Waals surface area contributed by atoms with E-state index in [2.05, 4.69) is 36.2 Å². The van der Waals surface area contributed by atoms with Crippen molar-refractivity contribution in [1.82, 2.24) is 15.5 Å². The van der Waals surface area contributed by atoms with E-state index in [0.717, 1.165) is 37.5 Å². The van der Waals surface area contributed by atoms with Crippen molar-refractivity contribution in [3.8, 4) is 5.88 Å². The van der Waals surface area contributed by atoms with Gasteiger partial charge in [-0.1, -0.05) is 45.6 Å². The predicted molar refractivity (Wildman–Crippen MR) is 142 cm³/mol. The molecule has 1 amide bonds. The maximum atomic E-state index is 13.3. The first-order valence-electron chi connectivity index (χ1n) is 13.6. The van der Waals surface area contributed by atoms with Gasteiger partial charge in [0, 0.05) is 23.4 Å². The average Bonchev–Trinajstić information content (AvgIpc) is 3.45. The average molecular weight is 530 g/mol. The first-order valence-corrected chi connectivity index (χ1v) is 14.5. The molecular formula is C28H39N3O5S. The number of aromatic nitrogens is 2. The summed E-state index contributed by atoms with van der Waals surface area (Å²) in [6, 6.07) is 4.94. The Morgan fingerprint density at radius 2 is 2.03 bits per heavy atom. The lowest BCUT2D eigenvalue weighted by atomic mass is 9.91.